The molecule has 5 heteroatoms. The first-order valence-electron chi connectivity index (χ1n) is 9.75. The highest BCUT2D eigenvalue weighted by atomic mass is 35.5. The van der Waals surface area contributed by atoms with Gasteiger partial charge in [0.2, 0.25) is 0 Å². The quantitative estimate of drug-likeness (QED) is 0.772. The summed E-state index contributed by atoms with van der Waals surface area (Å²) in [5.74, 6) is 1.07. The van der Waals surface area contributed by atoms with Crippen LogP contribution in [0.5, 0.6) is 5.75 Å². The molecule has 0 saturated carbocycles. The molecular formula is C23H29ClN2O2. The van der Waals surface area contributed by atoms with Crippen molar-refractivity contribution in [1.82, 2.24) is 10.2 Å². The molecule has 0 aromatic heterocycles. The third kappa shape index (κ3) is 4.18. The normalized spacial score (nSPS) is 23.8. The van der Waals surface area contributed by atoms with Gasteiger partial charge in [0.1, 0.15) is 5.75 Å². The summed E-state index contributed by atoms with van der Waals surface area (Å²) in [5, 5.41) is 3.69. The molecule has 3 rings (SSSR count). The van der Waals surface area contributed by atoms with Crippen molar-refractivity contribution < 1.29 is 9.53 Å². The lowest BCUT2D eigenvalue weighted by atomic mass is 9.76. The van der Waals surface area contributed by atoms with Crippen molar-refractivity contribution in [3.05, 3.63) is 64.7 Å². The lowest BCUT2D eigenvalue weighted by Gasteiger charge is -2.50. The zero-order chi connectivity index (χ0) is 20.3. The molecule has 1 fully saturated rings. The van der Waals surface area contributed by atoms with Crippen LogP contribution in [0.2, 0.25) is 5.02 Å². The Hall–Kier alpha value is -2.04. The Balaban J connectivity index is 1.96. The van der Waals surface area contributed by atoms with Crippen molar-refractivity contribution in [2.24, 2.45) is 5.92 Å². The number of ether oxygens (including phenoxy) is 1. The maximum atomic E-state index is 13.2. The number of hydrogen-bond donors (Lipinski definition) is 1. The van der Waals surface area contributed by atoms with Crippen LogP contribution in [-0.4, -0.2) is 37.0 Å². The number of piperidine rings is 1. The molecule has 2 aromatic rings. The molecule has 1 heterocycles. The maximum Gasteiger partial charge on any atom is 0.253 e. The lowest BCUT2D eigenvalue weighted by molar-refractivity contribution is 0.0276. The number of halogens is 1. The van der Waals surface area contributed by atoms with E-state index >= 15 is 0 Å². The summed E-state index contributed by atoms with van der Waals surface area (Å²) in [6.07, 6.45) is 2.15. The van der Waals surface area contributed by atoms with Crippen molar-refractivity contribution in [2.45, 2.75) is 38.3 Å². The summed E-state index contributed by atoms with van der Waals surface area (Å²) in [4.78, 5) is 15.6. The summed E-state index contributed by atoms with van der Waals surface area (Å²) in [6, 6.07) is 15.2. The molecule has 1 amide bonds. The predicted molar refractivity (Wildman–Crippen MR) is 114 cm³/mol. The Labute approximate surface area is 172 Å². The van der Waals surface area contributed by atoms with E-state index in [1.165, 1.54) is 0 Å². The number of hydrogen-bond acceptors (Lipinski definition) is 3. The Kier molecular flexibility index (Phi) is 6.31. The van der Waals surface area contributed by atoms with Gasteiger partial charge >= 0.3 is 0 Å². The van der Waals surface area contributed by atoms with E-state index < -0.39 is 0 Å². The van der Waals surface area contributed by atoms with Gasteiger partial charge in [0.05, 0.1) is 23.7 Å². The number of nitrogens with one attached hydrogen (secondary N) is 1. The minimum absolute atomic E-state index is 0.152. The van der Waals surface area contributed by atoms with Crippen molar-refractivity contribution >= 4 is 17.5 Å². The topological polar surface area (TPSA) is 41.6 Å². The number of amides is 1. The van der Waals surface area contributed by atoms with E-state index in [1.807, 2.05) is 18.2 Å². The smallest absolute Gasteiger partial charge is 0.253 e. The zero-order valence-electron chi connectivity index (χ0n) is 17.0. The molecule has 1 saturated heterocycles. The number of carbonyl (C=O) groups is 1. The molecule has 0 aliphatic carbocycles. The van der Waals surface area contributed by atoms with E-state index in [1.54, 1.807) is 25.3 Å². The highest BCUT2D eigenvalue weighted by molar-refractivity contribution is 6.33. The molecule has 3 atom stereocenters. The lowest BCUT2D eigenvalue weighted by Crippen LogP contribution is -2.57. The third-order valence-corrected chi connectivity index (χ3v) is 6.38. The number of rotatable bonds is 5. The van der Waals surface area contributed by atoms with Crippen molar-refractivity contribution in [1.29, 1.82) is 0 Å². The first kappa shape index (κ1) is 20.7. The number of benzene rings is 2. The minimum Gasteiger partial charge on any atom is -0.497 e. The average Bonchev–Trinajstić information content (AvgIpc) is 2.70. The summed E-state index contributed by atoms with van der Waals surface area (Å²) >= 11 is 6.32. The molecule has 4 nitrogen and oxygen atoms in total. The van der Waals surface area contributed by atoms with E-state index in [-0.39, 0.29) is 17.5 Å². The van der Waals surface area contributed by atoms with E-state index in [0.29, 0.717) is 22.3 Å². The second-order valence-corrected chi connectivity index (χ2v) is 8.45. The van der Waals surface area contributed by atoms with Gasteiger partial charge in [-0.1, -0.05) is 48.9 Å². The van der Waals surface area contributed by atoms with Gasteiger partial charge in [-0.05, 0) is 56.5 Å². The van der Waals surface area contributed by atoms with Gasteiger partial charge in [-0.3, -0.25) is 9.69 Å². The van der Waals surface area contributed by atoms with Gasteiger partial charge in [-0.2, -0.15) is 0 Å². The number of carbonyl (C=O) groups excluding carboxylic acids is 1. The summed E-state index contributed by atoms with van der Waals surface area (Å²) in [5.41, 5.74) is 1.34. The van der Waals surface area contributed by atoms with Crippen LogP contribution in [0, 0.1) is 5.92 Å². The number of likely N-dealkylation sites (N-methyl/N-ethyl adjacent to an activating group) is 1. The first-order valence-corrected chi connectivity index (χ1v) is 10.1. The van der Waals surface area contributed by atoms with E-state index in [9.17, 15) is 4.79 Å². The molecule has 28 heavy (non-hydrogen) atoms. The van der Waals surface area contributed by atoms with E-state index in [2.05, 4.69) is 43.2 Å². The molecule has 0 bridgehead atoms. The Bertz CT molecular complexity index is 827. The molecule has 1 aliphatic heterocycles. The van der Waals surface area contributed by atoms with Crippen LogP contribution in [0.1, 0.15) is 48.7 Å². The molecule has 1 N–H and O–H groups in total. The van der Waals surface area contributed by atoms with Gasteiger partial charge in [-0.25, -0.2) is 0 Å². The zero-order valence-corrected chi connectivity index (χ0v) is 17.8. The molecule has 0 spiro atoms. The minimum atomic E-state index is -0.189. The summed E-state index contributed by atoms with van der Waals surface area (Å²) in [6.45, 7) is 5.53. The van der Waals surface area contributed by atoms with E-state index in [0.717, 1.165) is 24.9 Å². The fraction of sp³-hybridized carbons (Fsp3) is 0.435. The van der Waals surface area contributed by atoms with Crippen molar-refractivity contribution in [2.75, 3.05) is 20.7 Å². The number of methoxy groups -OCH3 is 1. The van der Waals surface area contributed by atoms with Crippen molar-refractivity contribution in [3.63, 3.8) is 0 Å². The maximum absolute atomic E-state index is 13.2. The van der Waals surface area contributed by atoms with Crippen LogP contribution in [0.15, 0.2) is 48.5 Å². The monoisotopic (exact) mass is 400 g/mol. The van der Waals surface area contributed by atoms with Gasteiger partial charge in [0.15, 0.2) is 0 Å². The second-order valence-electron chi connectivity index (χ2n) is 8.04. The second kappa shape index (κ2) is 8.54. The van der Waals surface area contributed by atoms with Gasteiger partial charge in [0.25, 0.3) is 5.91 Å². The molecule has 0 radical (unpaired) electrons. The number of nitrogens with zero attached hydrogens (tertiary/aromatic N) is 1. The molecule has 1 aliphatic rings. The third-order valence-electron chi connectivity index (χ3n) is 6.05. The van der Waals surface area contributed by atoms with Crippen LogP contribution >= 0.6 is 11.6 Å². The predicted octanol–water partition coefficient (Wildman–Crippen LogP) is 4.94. The molecule has 3 unspecified atom stereocenters. The highest BCUT2D eigenvalue weighted by Gasteiger charge is 2.42. The van der Waals surface area contributed by atoms with Crippen molar-refractivity contribution in [3.8, 4) is 5.75 Å². The van der Waals surface area contributed by atoms with Crippen LogP contribution in [0.4, 0.5) is 0 Å². The van der Waals surface area contributed by atoms with Crippen LogP contribution in [0.3, 0.4) is 0 Å². The van der Waals surface area contributed by atoms with E-state index in [4.69, 9.17) is 16.3 Å². The first-order chi connectivity index (χ1) is 13.3. The van der Waals surface area contributed by atoms with Gasteiger partial charge in [-0.15, -0.1) is 0 Å². The molecular weight excluding hydrogens is 372 g/mol. The van der Waals surface area contributed by atoms with Gasteiger partial charge in [0, 0.05) is 12.1 Å². The molecule has 2 aromatic carbocycles. The summed E-state index contributed by atoms with van der Waals surface area (Å²) in [7, 11) is 3.73. The standard InChI is InChI=1S/C23H29ClN2O2/c1-16-12-13-23(2,26(3)15-16)21(17-8-6-5-7-9-17)25-22(27)19-14-18(28-4)10-11-20(19)24/h5-11,14,16,21H,12-13,15H2,1-4H3,(H,25,27). The Morgan fingerprint density at radius 1 is 1.29 bits per heavy atom. The SMILES string of the molecule is COc1ccc(Cl)c(C(=O)NC(c2ccccc2)C2(C)CCC(C)CN2C)c1. The van der Waals surface area contributed by atoms with Crippen LogP contribution < -0.4 is 10.1 Å². The Morgan fingerprint density at radius 3 is 2.64 bits per heavy atom. The largest absolute Gasteiger partial charge is 0.497 e. The molecule has 150 valence electrons. The average molecular weight is 401 g/mol. The fourth-order valence-corrected chi connectivity index (χ4v) is 4.32. The fourth-order valence-electron chi connectivity index (χ4n) is 4.12. The van der Waals surface area contributed by atoms with Crippen LogP contribution in [0.25, 0.3) is 0 Å². The number of likely N-dealkylation sites (tertiary alicyclic amines) is 1. The highest BCUT2D eigenvalue weighted by Crippen LogP contribution is 2.39. The van der Waals surface area contributed by atoms with Crippen LogP contribution in [-0.2, 0) is 0 Å². The Morgan fingerprint density at radius 2 is 2.00 bits per heavy atom. The summed E-state index contributed by atoms with van der Waals surface area (Å²) < 4.78 is 5.27. The van der Waals surface area contributed by atoms with Gasteiger partial charge < -0.3 is 10.1 Å².